The summed E-state index contributed by atoms with van der Waals surface area (Å²) in [5, 5.41) is 0. The average molecular weight is 360 g/mol. The van der Waals surface area contributed by atoms with E-state index in [2.05, 4.69) is 6.92 Å². The minimum Gasteiger partial charge on any atom is -0.462 e. The van der Waals surface area contributed by atoms with Gasteiger partial charge in [0.2, 0.25) is 0 Å². The van der Waals surface area contributed by atoms with Crippen molar-refractivity contribution in [3.63, 3.8) is 0 Å². The van der Waals surface area contributed by atoms with Crippen LogP contribution in [0.3, 0.4) is 0 Å². The summed E-state index contributed by atoms with van der Waals surface area (Å²) in [5.74, 6) is -0.410. The van der Waals surface area contributed by atoms with Crippen molar-refractivity contribution in [2.75, 3.05) is 13.2 Å². The third kappa shape index (κ3) is 6.81. The van der Waals surface area contributed by atoms with E-state index in [0.29, 0.717) is 30.3 Å². The molecule has 0 aromatic heterocycles. The molecule has 0 unspecified atom stereocenters. The summed E-state index contributed by atoms with van der Waals surface area (Å²) in [4.78, 5) is 24.8. The lowest BCUT2D eigenvalue weighted by Crippen LogP contribution is -2.19. The molecule has 0 amide bonds. The Hall–Kier alpha value is -1.84. The highest BCUT2D eigenvalue weighted by atomic mass is 16.5. The molecule has 1 aromatic carbocycles. The van der Waals surface area contributed by atoms with Crippen LogP contribution in [0.15, 0.2) is 24.3 Å². The summed E-state index contributed by atoms with van der Waals surface area (Å²) >= 11 is 0. The van der Waals surface area contributed by atoms with Crippen LogP contribution >= 0.6 is 0 Å². The van der Waals surface area contributed by atoms with Gasteiger partial charge in [0.15, 0.2) is 0 Å². The normalized spacial score (nSPS) is 14.8. The molecule has 0 bridgehead atoms. The number of benzene rings is 1. The van der Waals surface area contributed by atoms with Gasteiger partial charge in [-0.1, -0.05) is 64.0 Å². The third-order valence-electron chi connectivity index (χ3n) is 5.02. The number of carbonyl (C=O) groups is 2. The Morgan fingerprint density at radius 1 is 0.885 bits per heavy atom. The van der Waals surface area contributed by atoms with E-state index < -0.39 is 11.9 Å². The molecule has 1 saturated carbocycles. The lowest BCUT2D eigenvalue weighted by atomic mass is 9.90. The molecular weight excluding hydrogens is 328 g/mol. The molecule has 0 spiro atoms. The van der Waals surface area contributed by atoms with E-state index in [0.717, 1.165) is 32.1 Å². The van der Waals surface area contributed by atoms with Gasteiger partial charge in [0.05, 0.1) is 24.3 Å². The van der Waals surface area contributed by atoms with Crippen molar-refractivity contribution < 1.29 is 19.1 Å². The molecule has 26 heavy (non-hydrogen) atoms. The molecule has 0 radical (unpaired) electrons. The fourth-order valence-electron chi connectivity index (χ4n) is 3.41. The van der Waals surface area contributed by atoms with E-state index in [-0.39, 0.29) is 0 Å². The van der Waals surface area contributed by atoms with Gasteiger partial charge in [-0.3, -0.25) is 0 Å². The quantitative estimate of drug-likeness (QED) is 0.405. The molecule has 4 nitrogen and oxygen atoms in total. The molecule has 0 saturated heterocycles. The SMILES string of the molecule is CCCCCCCOC(=O)c1ccccc1C(=O)OCC1CCCCC1. The summed E-state index contributed by atoms with van der Waals surface area (Å²) < 4.78 is 10.8. The van der Waals surface area contributed by atoms with Crippen LogP contribution < -0.4 is 0 Å². The van der Waals surface area contributed by atoms with Crippen molar-refractivity contribution in [3.05, 3.63) is 35.4 Å². The minimum absolute atomic E-state index is 0.301. The molecule has 2 rings (SSSR count). The van der Waals surface area contributed by atoms with Gasteiger partial charge < -0.3 is 9.47 Å². The topological polar surface area (TPSA) is 52.6 Å². The molecular formula is C22H32O4. The van der Waals surface area contributed by atoms with Crippen molar-refractivity contribution in [3.8, 4) is 0 Å². The second kappa shape index (κ2) is 11.7. The number of rotatable bonds is 10. The third-order valence-corrected chi connectivity index (χ3v) is 5.02. The van der Waals surface area contributed by atoms with Gasteiger partial charge >= 0.3 is 11.9 Å². The van der Waals surface area contributed by atoms with Crippen LogP contribution in [0.1, 0.15) is 91.8 Å². The highest BCUT2D eigenvalue weighted by molar-refractivity contribution is 6.03. The average Bonchev–Trinajstić information content (AvgIpc) is 2.69. The molecule has 1 aliphatic carbocycles. The van der Waals surface area contributed by atoms with Gasteiger partial charge in [0, 0.05) is 0 Å². The monoisotopic (exact) mass is 360 g/mol. The first kappa shape index (κ1) is 20.5. The summed E-state index contributed by atoms with van der Waals surface area (Å²) in [5.41, 5.74) is 0.606. The molecule has 0 heterocycles. The Balaban J connectivity index is 1.83. The smallest absolute Gasteiger partial charge is 0.339 e. The predicted octanol–water partition coefficient (Wildman–Crippen LogP) is 5.55. The first-order valence-electron chi connectivity index (χ1n) is 10.2. The molecule has 144 valence electrons. The van der Waals surface area contributed by atoms with Crippen molar-refractivity contribution >= 4 is 11.9 Å². The molecule has 0 atom stereocenters. The van der Waals surface area contributed by atoms with E-state index in [1.54, 1.807) is 24.3 Å². The van der Waals surface area contributed by atoms with E-state index >= 15 is 0 Å². The fraction of sp³-hybridized carbons (Fsp3) is 0.636. The predicted molar refractivity (Wildman–Crippen MR) is 102 cm³/mol. The van der Waals surface area contributed by atoms with E-state index in [9.17, 15) is 9.59 Å². The fourth-order valence-corrected chi connectivity index (χ4v) is 3.41. The van der Waals surface area contributed by atoms with Gasteiger partial charge in [0.1, 0.15) is 0 Å². The lowest BCUT2D eigenvalue weighted by molar-refractivity contribution is 0.0390. The zero-order valence-electron chi connectivity index (χ0n) is 16.0. The highest BCUT2D eigenvalue weighted by Crippen LogP contribution is 2.24. The highest BCUT2D eigenvalue weighted by Gasteiger charge is 2.21. The Kier molecular flexibility index (Phi) is 9.22. The van der Waals surface area contributed by atoms with Crippen LogP contribution in [-0.4, -0.2) is 25.2 Å². The molecule has 1 aliphatic rings. The Morgan fingerprint density at radius 2 is 1.50 bits per heavy atom. The van der Waals surface area contributed by atoms with Gasteiger partial charge in [-0.05, 0) is 37.3 Å². The van der Waals surface area contributed by atoms with Crippen LogP contribution in [0.2, 0.25) is 0 Å². The first-order valence-corrected chi connectivity index (χ1v) is 10.2. The van der Waals surface area contributed by atoms with Crippen molar-refractivity contribution in [2.45, 2.75) is 71.1 Å². The van der Waals surface area contributed by atoms with Gasteiger partial charge in [-0.15, -0.1) is 0 Å². The second-order valence-corrected chi connectivity index (χ2v) is 7.20. The van der Waals surface area contributed by atoms with Gasteiger partial charge in [0.25, 0.3) is 0 Å². The number of hydrogen-bond donors (Lipinski definition) is 0. The maximum Gasteiger partial charge on any atom is 0.339 e. The molecule has 1 aromatic rings. The van der Waals surface area contributed by atoms with E-state index in [1.165, 1.54) is 32.1 Å². The number of esters is 2. The number of ether oxygens (including phenoxy) is 2. The number of carbonyl (C=O) groups excluding carboxylic acids is 2. The van der Waals surface area contributed by atoms with Gasteiger partial charge in [-0.2, -0.15) is 0 Å². The Morgan fingerprint density at radius 3 is 2.15 bits per heavy atom. The van der Waals surface area contributed by atoms with Gasteiger partial charge in [-0.25, -0.2) is 9.59 Å². The standard InChI is InChI=1S/C22H32O4/c1-2-3-4-5-11-16-25-21(23)19-14-9-10-15-20(19)22(24)26-17-18-12-7-6-8-13-18/h9-10,14-15,18H,2-8,11-13,16-17H2,1H3. The molecule has 1 fully saturated rings. The van der Waals surface area contributed by atoms with Crippen molar-refractivity contribution in [1.29, 1.82) is 0 Å². The maximum absolute atomic E-state index is 12.4. The number of unbranched alkanes of at least 4 members (excludes halogenated alkanes) is 4. The lowest BCUT2D eigenvalue weighted by Gasteiger charge is -2.21. The van der Waals surface area contributed by atoms with Crippen LogP contribution in [0, 0.1) is 5.92 Å². The summed E-state index contributed by atoms with van der Waals surface area (Å²) in [6.07, 6.45) is 11.4. The van der Waals surface area contributed by atoms with Crippen LogP contribution in [0.4, 0.5) is 0 Å². The summed E-state index contributed by atoms with van der Waals surface area (Å²) in [6.45, 7) is 3.01. The molecule has 0 aliphatic heterocycles. The van der Waals surface area contributed by atoms with Crippen LogP contribution in [0.5, 0.6) is 0 Å². The first-order chi connectivity index (χ1) is 12.7. The minimum atomic E-state index is -0.439. The summed E-state index contributed by atoms with van der Waals surface area (Å²) in [6, 6.07) is 6.77. The Bertz CT molecular complexity index is 561. The van der Waals surface area contributed by atoms with Crippen LogP contribution in [-0.2, 0) is 9.47 Å². The second-order valence-electron chi connectivity index (χ2n) is 7.20. The summed E-state index contributed by atoms with van der Waals surface area (Å²) in [7, 11) is 0. The number of hydrogen-bond acceptors (Lipinski definition) is 4. The molecule has 4 heteroatoms. The van der Waals surface area contributed by atoms with E-state index in [4.69, 9.17) is 9.47 Å². The largest absolute Gasteiger partial charge is 0.462 e. The maximum atomic E-state index is 12.4. The zero-order chi connectivity index (χ0) is 18.6. The van der Waals surface area contributed by atoms with Crippen LogP contribution in [0.25, 0.3) is 0 Å². The zero-order valence-corrected chi connectivity index (χ0v) is 16.0. The van der Waals surface area contributed by atoms with Crippen molar-refractivity contribution in [1.82, 2.24) is 0 Å². The van der Waals surface area contributed by atoms with E-state index in [1.807, 2.05) is 0 Å². The van der Waals surface area contributed by atoms with Crippen molar-refractivity contribution in [2.24, 2.45) is 5.92 Å². The molecule has 0 N–H and O–H groups in total. The Labute approximate surface area is 157 Å².